The topological polar surface area (TPSA) is 77.8 Å². The van der Waals surface area contributed by atoms with Crippen LogP contribution >= 0.6 is 15.9 Å². The zero-order chi connectivity index (χ0) is 14.2. The predicted octanol–water partition coefficient (Wildman–Crippen LogP) is 2.23. The number of aliphatic carboxylic acids is 1. The lowest BCUT2D eigenvalue weighted by Gasteiger charge is -2.31. The number of carbonyl (C=O) groups is 2. The number of nitrogens with zero attached hydrogens (tertiary/aromatic N) is 1. The van der Waals surface area contributed by atoms with Crippen LogP contribution in [0.25, 0.3) is 0 Å². The zero-order valence-corrected chi connectivity index (χ0v) is 12.0. The molecule has 1 aromatic carbocycles. The summed E-state index contributed by atoms with van der Waals surface area (Å²) >= 11 is 3.23. The fourth-order valence-corrected chi connectivity index (χ4v) is 2.70. The number of carboxylic acids is 1. The minimum Gasteiger partial charge on any atom is -0.507 e. The molecule has 0 aromatic heterocycles. The second-order valence-corrected chi connectivity index (χ2v) is 5.72. The number of phenols is 1. The van der Waals surface area contributed by atoms with Crippen LogP contribution in [0, 0.1) is 0 Å². The highest BCUT2D eigenvalue weighted by Gasteiger charge is 2.46. The first-order chi connectivity index (χ1) is 8.86. The average Bonchev–Trinajstić information content (AvgIpc) is 2.75. The number of benzene rings is 1. The van der Waals surface area contributed by atoms with Crippen molar-refractivity contribution in [3.63, 3.8) is 0 Å². The van der Waals surface area contributed by atoms with Crippen molar-refractivity contribution in [2.45, 2.75) is 25.3 Å². The molecule has 1 atom stereocenters. The number of amides is 1. The van der Waals surface area contributed by atoms with E-state index in [0.717, 1.165) is 0 Å². The van der Waals surface area contributed by atoms with Crippen molar-refractivity contribution in [1.29, 1.82) is 0 Å². The van der Waals surface area contributed by atoms with E-state index in [1.165, 1.54) is 24.0 Å². The molecule has 19 heavy (non-hydrogen) atoms. The van der Waals surface area contributed by atoms with Crippen molar-refractivity contribution in [1.82, 2.24) is 4.90 Å². The van der Waals surface area contributed by atoms with Gasteiger partial charge in [0, 0.05) is 11.0 Å². The third kappa shape index (κ3) is 2.32. The smallest absolute Gasteiger partial charge is 0.329 e. The van der Waals surface area contributed by atoms with Crippen molar-refractivity contribution in [3.05, 3.63) is 28.2 Å². The molecule has 6 heteroatoms. The largest absolute Gasteiger partial charge is 0.507 e. The summed E-state index contributed by atoms with van der Waals surface area (Å²) < 4.78 is 0.657. The molecule has 2 N–H and O–H groups in total. The third-order valence-electron chi connectivity index (χ3n) is 3.54. The first-order valence-electron chi connectivity index (χ1n) is 5.90. The second-order valence-electron chi connectivity index (χ2n) is 4.80. The highest BCUT2D eigenvalue weighted by molar-refractivity contribution is 9.10. The summed E-state index contributed by atoms with van der Waals surface area (Å²) in [6.07, 6.45) is 1.06. The Morgan fingerprint density at radius 1 is 1.42 bits per heavy atom. The Morgan fingerprint density at radius 3 is 2.74 bits per heavy atom. The number of hydrogen-bond donors (Lipinski definition) is 2. The summed E-state index contributed by atoms with van der Waals surface area (Å²) in [4.78, 5) is 25.1. The molecule has 1 aliphatic rings. The highest BCUT2D eigenvalue weighted by Crippen LogP contribution is 2.33. The van der Waals surface area contributed by atoms with Crippen LogP contribution in [-0.4, -0.2) is 39.1 Å². The van der Waals surface area contributed by atoms with Crippen LogP contribution in [-0.2, 0) is 4.79 Å². The van der Waals surface area contributed by atoms with Crippen molar-refractivity contribution < 1.29 is 19.8 Å². The lowest BCUT2D eigenvalue weighted by Crippen LogP contribution is -2.50. The Morgan fingerprint density at radius 2 is 2.11 bits per heavy atom. The monoisotopic (exact) mass is 327 g/mol. The van der Waals surface area contributed by atoms with Gasteiger partial charge >= 0.3 is 5.97 Å². The molecular weight excluding hydrogens is 314 g/mol. The van der Waals surface area contributed by atoms with Crippen molar-refractivity contribution in [3.8, 4) is 5.75 Å². The molecule has 1 unspecified atom stereocenters. The van der Waals surface area contributed by atoms with Crippen LogP contribution in [0.1, 0.15) is 30.1 Å². The van der Waals surface area contributed by atoms with Crippen molar-refractivity contribution >= 4 is 27.8 Å². The maximum Gasteiger partial charge on any atom is 0.329 e. The molecule has 1 fully saturated rings. The van der Waals surface area contributed by atoms with Crippen LogP contribution < -0.4 is 0 Å². The summed E-state index contributed by atoms with van der Waals surface area (Å²) in [6, 6.07) is 4.52. The van der Waals surface area contributed by atoms with E-state index >= 15 is 0 Å². The van der Waals surface area contributed by atoms with Crippen LogP contribution in [0.4, 0.5) is 0 Å². The molecule has 1 aliphatic heterocycles. The first-order valence-corrected chi connectivity index (χ1v) is 6.69. The Hall–Kier alpha value is -1.56. The molecule has 102 valence electrons. The Labute approximate surface area is 119 Å². The molecule has 0 saturated carbocycles. The average molecular weight is 328 g/mol. The number of aromatic hydroxyl groups is 1. The number of carbonyl (C=O) groups excluding carboxylic acids is 1. The van der Waals surface area contributed by atoms with Crippen LogP contribution in [0.5, 0.6) is 5.75 Å². The summed E-state index contributed by atoms with van der Waals surface area (Å²) in [5.41, 5.74) is -1.09. The second kappa shape index (κ2) is 4.85. The van der Waals surface area contributed by atoms with E-state index in [4.69, 9.17) is 0 Å². The van der Waals surface area contributed by atoms with Gasteiger partial charge in [-0.3, -0.25) is 4.79 Å². The standard InChI is InChI=1S/C13H14BrNO4/c1-13(12(18)19)5-2-6-15(13)11(17)9-7-8(14)3-4-10(9)16/h3-4,7,16H,2,5-6H2,1H3,(H,18,19). The number of phenolic OH excluding ortho intramolecular Hbond substituents is 1. The summed E-state index contributed by atoms with van der Waals surface area (Å²) in [6.45, 7) is 1.92. The zero-order valence-electron chi connectivity index (χ0n) is 10.4. The van der Waals surface area contributed by atoms with Crippen LogP contribution in [0.15, 0.2) is 22.7 Å². The number of likely N-dealkylation sites (tertiary alicyclic amines) is 1. The minimum atomic E-state index is -1.20. The highest BCUT2D eigenvalue weighted by atomic mass is 79.9. The molecule has 0 radical (unpaired) electrons. The van der Waals surface area contributed by atoms with Gasteiger partial charge in [-0.1, -0.05) is 15.9 Å². The fourth-order valence-electron chi connectivity index (χ4n) is 2.34. The molecule has 1 amide bonds. The van der Waals surface area contributed by atoms with Gasteiger partial charge in [0.05, 0.1) is 5.56 Å². The van der Waals surface area contributed by atoms with Gasteiger partial charge in [-0.15, -0.1) is 0 Å². The molecule has 1 aromatic rings. The SMILES string of the molecule is CC1(C(=O)O)CCCN1C(=O)c1cc(Br)ccc1O. The fraction of sp³-hybridized carbons (Fsp3) is 0.385. The summed E-state index contributed by atoms with van der Waals surface area (Å²) in [7, 11) is 0. The molecule has 0 bridgehead atoms. The van der Waals surface area contributed by atoms with E-state index in [9.17, 15) is 19.8 Å². The number of halogens is 1. The van der Waals surface area contributed by atoms with E-state index < -0.39 is 17.4 Å². The minimum absolute atomic E-state index is 0.115. The van der Waals surface area contributed by atoms with Gasteiger partial charge in [0.25, 0.3) is 5.91 Å². The van der Waals surface area contributed by atoms with Gasteiger partial charge in [0.15, 0.2) is 0 Å². The van der Waals surface area contributed by atoms with E-state index in [1.54, 1.807) is 6.07 Å². The van der Waals surface area contributed by atoms with Crippen LogP contribution in [0.2, 0.25) is 0 Å². The maximum absolute atomic E-state index is 12.4. The number of rotatable bonds is 2. The van der Waals surface area contributed by atoms with Gasteiger partial charge in [0.2, 0.25) is 0 Å². The Balaban J connectivity index is 2.39. The van der Waals surface area contributed by atoms with Crippen molar-refractivity contribution in [2.75, 3.05) is 6.54 Å². The molecule has 0 spiro atoms. The number of carboxylic acid groups (broad SMARTS) is 1. The molecule has 0 aliphatic carbocycles. The molecule has 1 heterocycles. The molecule has 2 rings (SSSR count). The van der Waals surface area contributed by atoms with E-state index in [-0.39, 0.29) is 11.3 Å². The first kappa shape index (κ1) is 13.9. The van der Waals surface area contributed by atoms with E-state index in [0.29, 0.717) is 23.9 Å². The summed E-state index contributed by atoms with van der Waals surface area (Å²) in [5, 5.41) is 19.1. The molecule has 1 saturated heterocycles. The van der Waals surface area contributed by atoms with Crippen LogP contribution in [0.3, 0.4) is 0 Å². The van der Waals surface area contributed by atoms with Gasteiger partial charge in [-0.05, 0) is 38.0 Å². The molecule has 5 nitrogen and oxygen atoms in total. The maximum atomic E-state index is 12.4. The lowest BCUT2D eigenvalue weighted by molar-refractivity contribution is -0.147. The normalized spacial score (nSPS) is 22.5. The van der Waals surface area contributed by atoms with E-state index in [1.807, 2.05) is 0 Å². The summed E-state index contributed by atoms with van der Waals surface area (Å²) in [5.74, 6) is -1.62. The lowest BCUT2D eigenvalue weighted by atomic mass is 9.98. The van der Waals surface area contributed by atoms with Gasteiger partial charge in [-0.25, -0.2) is 4.79 Å². The van der Waals surface area contributed by atoms with Crippen molar-refractivity contribution in [2.24, 2.45) is 0 Å². The Bertz CT molecular complexity index is 545. The predicted molar refractivity (Wildman–Crippen MR) is 72.1 cm³/mol. The third-order valence-corrected chi connectivity index (χ3v) is 4.03. The van der Waals surface area contributed by atoms with Gasteiger partial charge < -0.3 is 15.1 Å². The van der Waals surface area contributed by atoms with Gasteiger partial charge in [-0.2, -0.15) is 0 Å². The quantitative estimate of drug-likeness (QED) is 0.873. The molecular formula is C13H14BrNO4. The Kier molecular flexibility index (Phi) is 3.54. The van der Waals surface area contributed by atoms with E-state index in [2.05, 4.69) is 15.9 Å². The number of hydrogen-bond acceptors (Lipinski definition) is 3. The van der Waals surface area contributed by atoms with Gasteiger partial charge in [0.1, 0.15) is 11.3 Å².